The second-order valence-electron chi connectivity index (χ2n) is 4.14. The molecule has 3 heteroatoms. The number of methoxy groups -OCH3 is 1. The summed E-state index contributed by atoms with van der Waals surface area (Å²) in [6, 6.07) is 5.66. The van der Waals surface area contributed by atoms with Crippen LogP contribution >= 0.6 is 0 Å². The summed E-state index contributed by atoms with van der Waals surface area (Å²) in [4.78, 5) is 0. The largest absolute Gasteiger partial charge is 0.383 e. The number of halogens is 1. The molecule has 2 nitrogen and oxygen atoms in total. The molecule has 0 saturated heterocycles. The number of aryl methyl sites for hydroxylation is 1. The molecule has 90 valence electrons. The second kappa shape index (κ2) is 6.61. The van der Waals surface area contributed by atoms with Crippen molar-refractivity contribution in [3.63, 3.8) is 0 Å². The van der Waals surface area contributed by atoms with E-state index in [9.17, 15) is 4.39 Å². The van der Waals surface area contributed by atoms with Crippen LogP contribution in [0.1, 0.15) is 18.1 Å². The smallest absolute Gasteiger partial charge is 0.126 e. The first-order valence-electron chi connectivity index (χ1n) is 5.61. The number of benzene rings is 1. The summed E-state index contributed by atoms with van der Waals surface area (Å²) in [6.07, 6.45) is 0.908. The first-order valence-corrected chi connectivity index (χ1v) is 5.61. The highest BCUT2D eigenvalue weighted by Gasteiger charge is 2.04. The van der Waals surface area contributed by atoms with E-state index in [1.165, 1.54) is 6.07 Å². The highest BCUT2D eigenvalue weighted by Crippen LogP contribution is 2.10. The van der Waals surface area contributed by atoms with E-state index in [4.69, 9.17) is 4.74 Å². The Bertz CT molecular complexity index is 328. The lowest BCUT2D eigenvalue weighted by atomic mass is 10.0. The topological polar surface area (TPSA) is 21.3 Å². The first-order chi connectivity index (χ1) is 7.63. The van der Waals surface area contributed by atoms with Crippen LogP contribution in [0.5, 0.6) is 0 Å². The van der Waals surface area contributed by atoms with Crippen LogP contribution in [0.2, 0.25) is 0 Å². The lowest BCUT2D eigenvalue weighted by Crippen LogP contribution is -2.30. The third kappa shape index (κ3) is 4.29. The van der Waals surface area contributed by atoms with E-state index >= 15 is 0 Å². The van der Waals surface area contributed by atoms with Crippen LogP contribution in [0.4, 0.5) is 4.39 Å². The summed E-state index contributed by atoms with van der Waals surface area (Å²) < 4.78 is 18.0. The van der Waals surface area contributed by atoms with Gasteiger partial charge in [0.1, 0.15) is 5.82 Å². The van der Waals surface area contributed by atoms with Gasteiger partial charge in [-0.2, -0.15) is 0 Å². The van der Waals surface area contributed by atoms with Gasteiger partial charge in [-0.3, -0.25) is 0 Å². The Labute approximate surface area is 96.8 Å². The fourth-order valence-electron chi connectivity index (χ4n) is 1.67. The van der Waals surface area contributed by atoms with Crippen LogP contribution in [0, 0.1) is 12.7 Å². The fraction of sp³-hybridized carbons (Fsp3) is 0.538. The van der Waals surface area contributed by atoms with E-state index in [2.05, 4.69) is 12.2 Å². The Morgan fingerprint density at radius 3 is 2.81 bits per heavy atom. The molecule has 1 aromatic rings. The van der Waals surface area contributed by atoms with Gasteiger partial charge in [0.25, 0.3) is 0 Å². The van der Waals surface area contributed by atoms with Crippen molar-refractivity contribution in [3.8, 4) is 0 Å². The Balaban J connectivity index is 2.43. The molecule has 0 fully saturated rings. The monoisotopic (exact) mass is 225 g/mol. The highest BCUT2D eigenvalue weighted by atomic mass is 19.1. The van der Waals surface area contributed by atoms with E-state index in [1.807, 2.05) is 12.1 Å². The summed E-state index contributed by atoms with van der Waals surface area (Å²) in [7, 11) is 1.69. The summed E-state index contributed by atoms with van der Waals surface area (Å²) in [5, 5.41) is 3.35. The zero-order valence-electron chi connectivity index (χ0n) is 10.2. The van der Waals surface area contributed by atoms with Crippen molar-refractivity contribution in [2.24, 2.45) is 0 Å². The number of ether oxygens (including phenoxy) is 1. The SMILES string of the molecule is COCCNC(C)Cc1ccc(F)c(C)c1. The van der Waals surface area contributed by atoms with E-state index in [0.717, 1.165) is 18.5 Å². The Kier molecular flexibility index (Phi) is 5.43. The van der Waals surface area contributed by atoms with Crippen molar-refractivity contribution in [1.82, 2.24) is 5.32 Å². The Hall–Kier alpha value is -0.930. The molecule has 1 aromatic carbocycles. The molecule has 0 bridgehead atoms. The van der Waals surface area contributed by atoms with E-state index in [0.29, 0.717) is 18.2 Å². The molecule has 0 amide bonds. The predicted molar refractivity (Wildman–Crippen MR) is 64.2 cm³/mol. The van der Waals surface area contributed by atoms with Gasteiger partial charge in [0.05, 0.1) is 6.61 Å². The molecule has 0 spiro atoms. The van der Waals surface area contributed by atoms with Crippen molar-refractivity contribution in [2.75, 3.05) is 20.3 Å². The van der Waals surface area contributed by atoms with E-state index in [1.54, 1.807) is 14.0 Å². The minimum atomic E-state index is -0.135. The number of rotatable bonds is 6. The van der Waals surface area contributed by atoms with E-state index in [-0.39, 0.29) is 5.82 Å². The van der Waals surface area contributed by atoms with Crippen molar-refractivity contribution < 1.29 is 9.13 Å². The van der Waals surface area contributed by atoms with Gasteiger partial charge in [-0.05, 0) is 37.5 Å². The minimum absolute atomic E-state index is 0.135. The summed E-state index contributed by atoms with van der Waals surface area (Å²) in [6.45, 7) is 5.47. The van der Waals surface area contributed by atoms with Gasteiger partial charge >= 0.3 is 0 Å². The third-order valence-corrected chi connectivity index (χ3v) is 2.56. The predicted octanol–water partition coefficient (Wildman–Crippen LogP) is 2.30. The Morgan fingerprint density at radius 1 is 1.44 bits per heavy atom. The molecule has 1 unspecified atom stereocenters. The number of nitrogens with one attached hydrogen (secondary N) is 1. The maximum atomic E-state index is 13.1. The maximum Gasteiger partial charge on any atom is 0.126 e. The highest BCUT2D eigenvalue weighted by molar-refractivity contribution is 5.24. The maximum absolute atomic E-state index is 13.1. The number of hydrogen-bond donors (Lipinski definition) is 1. The molecule has 0 aromatic heterocycles. The molecule has 0 aliphatic heterocycles. The molecule has 1 atom stereocenters. The molecule has 1 N–H and O–H groups in total. The fourth-order valence-corrected chi connectivity index (χ4v) is 1.67. The van der Waals surface area contributed by atoms with Gasteiger partial charge < -0.3 is 10.1 Å². The molecule has 16 heavy (non-hydrogen) atoms. The molecule has 0 aliphatic carbocycles. The lowest BCUT2D eigenvalue weighted by Gasteiger charge is -2.13. The summed E-state index contributed by atoms with van der Waals surface area (Å²) >= 11 is 0. The van der Waals surface area contributed by atoms with Crippen LogP contribution in [0.15, 0.2) is 18.2 Å². The van der Waals surface area contributed by atoms with Gasteiger partial charge in [-0.25, -0.2) is 4.39 Å². The van der Waals surface area contributed by atoms with Crippen molar-refractivity contribution in [3.05, 3.63) is 35.1 Å². The summed E-state index contributed by atoms with van der Waals surface area (Å²) in [5.74, 6) is -0.135. The van der Waals surface area contributed by atoms with Gasteiger partial charge in [0.2, 0.25) is 0 Å². The van der Waals surface area contributed by atoms with Crippen LogP contribution in [0.3, 0.4) is 0 Å². The van der Waals surface area contributed by atoms with Crippen molar-refractivity contribution in [1.29, 1.82) is 0 Å². The normalized spacial score (nSPS) is 12.8. The molecule has 1 rings (SSSR count). The van der Waals surface area contributed by atoms with Crippen LogP contribution < -0.4 is 5.32 Å². The van der Waals surface area contributed by atoms with Gasteiger partial charge in [0.15, 0.2) is 0 Å². The first kappa shape index (κ1) is 13.1. The minimum Gasteiger partial charge on any atom is -0.383 e. The van der Waals surface area contributed by atoms with E-state index < -0.39 is 0 Å². The van der Waals surface area contributed by atoms with Crippen molar-refractivity contribution >= 4 is 0 Å². The van der Waals surface area contributed by atoms with Crippen LogP contribution in [-0.2, 0) is 11.2 Å². The molecule has 0 radical (unpaired) electrons. The zero-order chi connectivity index (χ0) is 12.0. The second-order valence-corrected chi connectivity index (χ2v) is 4.14. The molecule has 0 heterocycles. The van der Waals surface area contributed by atoms with Crippen molar-refractivity contribution in [2.45, 2.75) is 26.3 Å². The third-order valence-electron chi connectivity index (χ3n) is 2.56. The Morgan fingerprint density at radius 2 is 2.19 bits per heavy atom. The zero-order valence-corrected chi connectivity index (χ0v) is 10.2. The molecule has 0 aliphatic rings. The average Bonchev–Trinajstić information content (AvgIpc) is 2.24. The number of hydrogen-bond acceptors (Lipinski definition) is 2. The van der Waals surface area contributed by atoms with Gasteiger partial charge in [-0.1, -0.05) is 12.1 Å². The molecular weight excluding hydrogens is 205 g/mol. The standard InChI is InChI=1S/C13H20FNO/c1-10-8-12(4-5-13(10)14)9-11(2)15-6-7-16-3/h4-5,8,11,15H,6-7,9H2,1-3H3. The summed E-state index contributed by atoms with van der Waals surface area (Å²) in [5.41, 5.74) is 1.87. The molecule has 0 saturated carbocycles. The average molecular weight is 225 g/mol. The quantitative estimate of drug-likeness (QED) is 0.750. The lowest BCUT2D eigenvalue weighted by molar-refractivity contribution is 0.196. The van der Waals surface area contributed by atoms with Crippen LogP contribution in [-0.4, -0.2) is 26.3 Å². The van der Waals surface area contributed by atoms with Gasteiger partial charge in [0, 0.05) is 19.7 Å². The molecular formula is C13H20FNO. The van der Waals surface area contributed by atoms with Crippen LogP contribution in [0.25, 0.3) is 0 Å². The van der Waals surface area contributed by atoms with Gasteiger partial charge in [-0.15, -0.1) is 0 Å².